The van der Waals surface area contributed by atoms with Crippen molar-refractivity contribution >= 4 is 5.91 Å². The van der Waals surface area contributed by atoms with Crippen molar-refractivity contribution in [1.82, 2.24) is 10.8 Å². The Balaban J connectivity index is 2.07. The summed E-state index contributed by atoms with van der Waals surface area (Å²) in [4.78, 5) is 15.8. The summed E-state index contributed by atoms with van der Waals surface area (Å²) in [6.45, 7) is 0.291. The lowest BCUT2D eigenvalue weighted by Gasteiger charge is -2.23. The van der Waals surface area contributed by atoms with Gasteiger partial charge in [0, 0.05) is 0 Å². The first-order chi connectivity index (χ1) is 6.36. The van der Waals surface area contributed by atoms with Crippen molar-refractivity contribution in [1.29, 1.82) is 0 Å². The van der Waals surface area contributed by atoms with Gasteiger partial charge >= 0.3 is 0 Å². The second kappa shape index (κ2) is 3.55. The van der Waals surface area contributed by atoms with E-state index in [1.807, 2.05) is 30.3 Å². The van der Waals surface area contributed by atoms with E-state index in [2.05, 4.69) is 10.8 Å². The highest BCUT2D eigenvalue weighted by Crippen LogP contribution is 2.13. The standard InChI is InChI=1S/C9H10N2O2/c12-8-6-10-9(13-11-8)7-4-2-1-3-5-7/h1-5,9-10H,6H2,(H,11,12). The third-order valence-corrected chi connectivity index (χ3v) is 1.84. The van der Waals surface area contributed by atoms with Gasteiger partial charge in [-0.2, -0.15) is 0 Å². The summed E-state index contributed by atoms with van der Waals surface area (Å²) in [5.41, 5.74) is 3.33. The molecule has 1 aromatic carbocycles. The molecular weight excluding hydrogens is 168 g/mol. The Morgan fingerprint density at radius 1 is 1.31 bits per heavy atom. The first-order valence-corrected chi connectivity index (χ1v) is 4.09. The molecule has 13 heavy (non-hydrogen) atoms. The van der Waals surface area contributed by atoms with Gasteiger partial charge in [-0.25, -0.2) is 10.3 Å². The molecule has 4 nitrogen and oxygen atoms in total. The molecule has 0 spiro atoms. The van der Waals surface area contributed by atoms with Gasteiger partial charge < -0.3 is 0 Å². The van der Waals surface area contributed by atoms with Crippen LogP contribution in [0.15, 0.2) is 30.3 Å². The summed E-state index contributed by atoms with van der Waals surface area (Å²) in [6.07, 6.45) is -0.237. The maximum Gasteiger partial charge on any atom is 0.257 e. The van der Waals surface area contributed by atoms with Gasteiger partial charge in [0.15, 0.2) is 6.23 Å². The van der Waals surface area contributed by atoms with Crippen LogP contribution in [0.2, 0.25) is 0 Å². The van der Waals surface area contributed by atoms with E-state index < -0.39 is 0 Å². The average Bonchev–Trinajstić information content (AvgIpc) is 2.20. The number of hydrogen-bond acceptors (Lipinski definition) is 3. The quantitative estimate of drug-likeness (QED) is 0.651. The average molecular weight is 178 g/mol. The number of hydroxylamine groups is 1. The van der Waals surface area contributed by atoms with Gasteiger partial charge in [0.1, 0.15) is 0 Å². The zero-order valence-electron chi connectivity index (χ0n) is 6.99. The molecule has 2 rings (SSSR count). The molecule has 1 heterocycles. The Labute approximate surface area is 75.8 Å². The maximum atomic E-state index is 10.7. The smallest absolute Gasteiger partial charge is 0.257 e. The van der Waals surface area contributed by atoms with E-state index in [-0.39, 0.29) is 12.1 Å². The van der Waals surface area contributed by atoms with Crippen LogP contribution in [0.3, 0.4) is 0 Å². The van der Waals surface area contributed by atoms with Crippen LogP contribution >= 0.6 is 0 Å². The van der Waals surface area contributed by atoms with E-state index in [4.69, 9.17) is 4.84 Å². The summed E-state index contributed by atoms with van der Waals surface area (Å²) >= 11 is 0. The molecular formula is C9H10N2O2. The zero-order chi connectivity index (χ0) is 9.10. The first-order valence-electron chi connectivity index (χ1n) is 4.09. The van der Waals surface area contributed by atoms with Gasteiger partial charge in [0.05, 0.1) is 6.54 Å². The van der Waals surface area contributed by atoms with Gasteiger partial charge in [-0.1, -0.05) is 30.3 Å². The fourth-order valence-corrected chi connectivity index (χ4v) is 1.20. The number of nitrogens with one attached hydrogen (secondary N) is 2. The Morgan fingerprint density at radius 3 is 2.69 bits per heavy atom. The molecule has 0 bridgehead atoms. The van der Waals surface area contributed by atoms with Crippen molar-refractivity contribution < 1.29 is 9.63 Å². The van der Waals surface area contributed by atoms with Crippen molar-refractivity contribution in [2.75, 3.05) is 6.54 Å². The predicted molar refractivity (Wildman–Crippen MR) is 46.4 cm³/mol. The Kier molecular flexibility index (Phi) is 2.25. The lowest BCUT2D eigenvalue weighted by Crippen LogP contribution is -2.45. The van der Waals surface area contributed by atoms with Crippen LogP contribution in [0, 0.1) is 0 Å². The van der Waals surface area contributed by atoms with Crippen LogP contribution in [0.5, 0.6) is 0 Å². The van der Waals surface area contributed by atoms with Gasteiger partial charge in [0.25, 0.3) is 5.91 Å². The number of amides is 1. The van der Waals surface area contributed by atoms with Crippen LogP contribution in [-0.2, 0) is 9.63 Å². The second-order valence-electron chi connectivity index (χ2n) is 2.81. The highest BCUT2D eigenvalue weighted by atomic mass is 16.7. The van der Waals surface area contributed by atoms with Crippen LogP contribution in [0.1, 0.15) is 11.8 Å². The number of rotatable bonds is 1. The van der Waals surface area contributed by atoms with Gasteiger partial charge in [-0.15, -0.1) is 0 Å². The molecule has 4 heteroatoms. The van der Waals surface area contributed by atoms with Crippen LogP contribution in [-0.4, -0.2) is 12.5 Å². The predicted octanol–water partition coefficient (Wildman–Crippen LogP) is 0.336. The zero-order valence-corrected chi connectivity index (χ0v) is 6.99. The summed E-state index contributed by atoms with van der Waals surface area (Å²) in [5, 5.41) is 2.95. The van der Waals surface area contributed by atoms with Gasteiger partial charge in [-0.3, -0.25) is 10.1 Å². The minimum Gasteiger partial charge on any atom is -0.277 e. The fourth-order valence-electron chi connectivity index (χ4n) is 1.20. The van der Waals surface area contributed by atoms with Gasteiger partial charge in [0.2, 0.25) is 0 Å². The van der Waals surface area contributed by atoms with E-state index in [1.165, 1.54) is 0 Å². The van der Waals surface area contributed by atoms with E-state index in [1.54, 1.807) is 0 Å². The third-order valence-electron chi connectivity index (χ3n) is 1.84. The highest BCUT2D eigenvalue weighted by Gasteiger charge is 2.18. The second-order valence-corrected chi connectivity index (χ2v) is 2.81. The van der Waals surface area contributed by atoms with Gasteiger partial charge in [-0.05, 0) is 5.56 Å². The lowest BCUT2D eigenvalue weighted by molar-refractivity contribution is -0.149. The van der Waals surface area contributed by atoms with Crippen LogP contribution in [0.4, 0.5) is 0 Å². The van der Waals surface area contributed by atoms with E-state index in [9.17, 15) is 4.79 Å². The van der Waals surface area contributed by atoms with Crippen molar-refractivity contribution in [3.8, 4) is 0 Å². The molecule has 1 aliphatic rings. The minimum absolute atomic E-state index is 0.146. The summed E-state index contributed by atoms with van der Waals surface area (Å²) in [7, 11) is 0. The topological polar surface area (TPSA) is 50.4 Å². The maximum absolute atomic E-state index is 10.7. The third kappa shape index (κ3) is 1.85. The molecule has 2 N–H and O–H groups in total. The van der Waals surface area contributed by atoms with E-state index in [0.29, 0.717) is 6.54 Å². The Bertz CT molecular complexity index is 290. The summed E-state index contributed by atoms with van der Waals surface area (Å²) in [6, 6.07) is 9.67. The normalized spacial score (nSPS) is 22.5. The lowest BCUT2D eigenvalue weighted by atomic mass is 10.2. The van der Waals surface area contributed by atoms with Crippen LogP contribution < -0.4 is 10.8 Å². The van der Waals surface area contributed by atoms with Crippen molar-refractivity contribution in [3.63, 3.8) is 0 Å². The molecule has 0 aliphatic carbocycles. The number of benzene rings is 1. The highest BCUT2D eigenvalue weighted by molar-refractivity contribution is 5.77. The van der Waals surface area contributed by atoms with E-state index in [0.717, 1.165) is 5.56 Å². The fraction of sp³-hybridized carbons (Fsp3) is 0.222. The minimum atomic E-state index is -0.237. The molecule has 1 fully saturated rings. The van der Waals surface area contributed by atoms with Crippen LogP contribution in [0.25, 0.3) is 0 Å². The monoisotopic (exact) mass is 178 g/mol. The van der Waals surface area contributed by atoms with E-state index >= 15 is 0 Å². The van der Waals surface area contributed by atoms with Crippen molar-refractivity contribution in [3.05, 3.63) is 35.9 Å². The molecule has 1 aromatic rings. The molecule has 68 valence electrons. The number of hydrogen-bond donors (Lipinski definition) is 2. The molecule has 1 amide bonds. The largest absolute Gasteiger partial charge is 0.277 e. The molecule has 1 aliphatic heterocycles. The Hall–Kier alpha value is -1.39. The van der Waals surface area contributed by atoms with Crippen molar-refractivity contribution in [2.45, 2.75) is 6.23 Å². The number of carbonyl (C=O) groups excluding carboxylic acids is 1. The molecule has 1 atom stereocenters. The number of carbonyl (C=O) groups is 1. The molecule has 0 radical (unpaired) electrons. The molecule has 0 saturated carbocycles. The summed E-state index contributed by atoms with van der Waals surface area (Å²) in [5.74, 6) is -0.146. The molecule has 0 aromatic heterocycles. The molecule has 1 saturated heterocycles. The SMILES string of the molecule is O=C1CNC(c2ccccc2)ON1. The first kappa shape index (κ1) is 8.22. The summed E-state index contributed by atoms with van der Waals surface area (Å²) < 4.78 is 0. The Morgan fingerprint density at radius 2 is 2.08 bits per heavy atom. The molecule has 1 unspecified atom stereocenters. The van der Waals surface area contributed by atoms with Crippen molar-refractivity contribution in [2.24, 2.45) is 0 Å².